The molecule has 0 radical (unpaired) electrons. The van der Waals surface area contributed by atoms with Gasteiger partial charge in [-0.3, -0.25) is 14.4 Å². The molecule has 3 aromatic rings. The molecule has 1 unspecified atom stereocenters. The second-order valence-corrected chi connectivity index (χ2v) is 14.6. The van der Waals surface area contributed by atoms with Crippen molar-refractivity contribution in [3.63, 3.8) is 0 Å². The van der Waals surface area contributed by atoms with Gasteiger partial charge in [-0.05, 0) is 42.8 Å². The van der Waals surface area contributed by atoms with Crippen LogP contribution in [0.15, 0.2) is 91.0 Å². The van der Waals surface area contributed by atoms with Gasteiger partial charge in [-0.1, -0.05) is 76.2 Å². The maximum Gasteiger partial charge on any atom is 0.322 e. The number of benzene rings is 3. The van der Waals surface area contributed by atoms with Gasteiger partial charge >= 0.3 is 5.97 Å². The first-order valence-electron chi connectivity index (χ1n) is 12.2. The summed E-state index contributed by atoms with van der Waals surface area (Å²) in [5.74, 6) is -1.20. The first-order valence-corrected chi connectivity index (χ1v) is 16.7. The summed E-state index contributed by atoms with van der Waals surface area (Å²) in [6.45, 7) is 0.102. The van der Waals surface area contributed by atoms with E-state index >= 15 is 0 Å². The van der Waals surface area contributed by atoms with Gasteiger partial charge < -0.3 is 38.5 Å². The van der Waals surface area contributed by atoms with Gasteiger partial charge in [0.15, 0.2) is 0 Å². The van der Waals surface area contributed by atoms with Gasteiger partial charge in [0.2, 0.25) is 11.8 Å². The van der Waals surface area contributed by atoms with Gasteiger partial charge in [0.25, 0.3) is 0 Å². The molecule has 0 aliphatic heterocycles. The van der Waals surface area contributed by atoms with Crippen molar-refractivity contribution in [2.45, 2.75) is 12.5 Å². The Morgan fingerprint density at radius 1 is 0.795 bits per heavy atom. The van der Waals surface area contributed by atoms with Crippen molar-refractivity contribution >= 4 is 62.5 Å². The van der Waals surface area contributed by atoms with Crippen molar-refractivity contribution in [2.75, 3.05) is 30.8 Å². The molecule has 39 heavy (non-hydrogen) atoms. The van der Waals surface area contributed by atoms with Gasteiger partial charge in [0.05, 0.1) is 18.0 Å². The molecule has 2 amide bonds. The molecular formula is C28H33BrN3O4PS2. The number of hydrogen-bond donors (Lipinski definition) is 4. The molecule has 3 rings (SSSR count). The first-order chi connectivity index (χ1) is 18.4. The van der Waals surface area contributed by atoms with Crippen molar-refractivity contribution in [3.8, 4) is 0 Å². The molecule has 0 aliphatic carbocycles. The molecule has 0 aromatic heterocycles. The molecule has 0 heterocycles. The fourth-order valence-electron chi connectivity index (χ4n) is 4.06. The van der Waals surface area contributed by atoms with Crippen LogP contribution >= 0.6 is 28.9 Å². The Balaban J connectivity index is 0.00000533. The minimum absolute atomic E-state index is 0. The van der Waals surface area contributed by atoms with Crippen molar-refractivity contribution in [1.82, 2.24) is 10.6 Å². The van der Waals surface area contributed by atoms with E-state index in [0.29, 0.717) is 6.54 Å². The van der Waals surface area contributed by atoms with Crippen LogP contribution in [0.1, 0.15) is 6.42 Å². The summed E-state index contributed by atoms with van der Waals surface area (Å²) in [6.07, 6.45) is 1.75. The highest BCUT2D eigenvalue weighted by Crippen LogP contribution is 2.55. The average molecular weight is 651 g/mol. The summed E-state index contributed by atoms with van der Waals surface area (Å²) in [4.78, 5) is 34.7. The van der Waals surface area contributed by atoms with Gasteiger partial charge in [-0.2, -0.15) is 0 Å². The van der Waals surface area contributed by atoms with Crippen LogP contribution in [0.4, 0.5) is 0 Å². The Morgan fingerprint density at radius 2 is 1.28 bits per heavy atom. The van der Waals surface area contributed by atoms with Gasteiger partial charge in [-0.15, -0.1) is 0 Å². The summed E-state index contributed by atoms with van der Waals surface area (Å²) in [6, 6.07) is 31.1. The molecule has 0 saturated heterocycles. The van der Waals surface area contributed by atoms with Gasteiger partial charge in [0.1, 0.15) is 29.7 Å². The molecule has 7 nitrogen and oxygen atoms in total. The lowest BCUT2D eigenvalue weighted by atomic mass is 10.3. The number of carbonyl (C=O) groups excluding carboxylic acids is 2. The van der Waals surface area contributed by atoms with Crippen LogP contribution < -0.4 is 49.3 Å². The molecule has 3 aromatic carbocycles. The van der Waals surface area contributed by atoms with E-state index in [0.717, 1.165) is 12.6 Å². The summed E-state index contributed by atoms with van der Waals surface area (Å²) in [5.41, 5.74) is 5.77. The smallest absolute Gasteiger partial charge is 0.322 e. The van der Waals surface area contributed by atoms with Gasteiger partial charge in [-0.25, -0.2) is 0 Å². The lowest BCUT2D eigenvalue weighted by Crippen LogP contribution is -3.00. The highest BCUT2D eigenvalue weighted by molar-refractivity contribution is 8.76. The van der Waals surface area contributed by atoms with Crippen LogP contribution in [-0.2, 0) is 14.4 Å². The zero-order chi connectivity index (χ0) is 27.2. The number of nitrogens with one attached hydrogen (secondary N) is 2. The highest BCUT2D eigenvalue weighted by Gasteiger charge is 2.44. The van der Waals surface area contributed by atoms with Crippen molar-refractivity contribution in [1.29, 1.82) is 0 Å². The molecule has 0 saturated carbocycles. The molecule has 0 aliphatic rings. The molecule has 0 bridgehead atoms. The Morgan fingerprint density at radius 3 is 1.74 bits per heavy atom. The molecule has 1 atom stereocenters. The fourth-order valence-corrected chi connectivity index (χ4v) is 10.4. The number of aliphatic carboxylic acids is 1. The summed E-state index contributed by atoms with van der Waals surface area (Å²) in [7, 11) is 0.716. The maximum atomic E-state index is 12.4. The molecular weight excluding hydrogens is 617 g/mol. The maximum absolute atomic E-state index is 12.4. The van der Waals surface area contributed by atoms with Crippen LogP contribution in [0.3, 0.4) is 0 Å². The van der Waals surface area contributed by atoms with E-state index in [-0.39, 0.29) is 34.4 Å². The van der Waals surface area contributed by atoms with Crippen molar-refractivity contribution < 1.29 is 36.5 Å². The Kier molecular flexibility index (Phi) is 14.6. The van der Waals surface area contributed by atoms with E-state index in [1.165, 1.54) is 37.5 Å². The zero-order valence-electron chi connectivity index (χ0n) is 21.4. The predicted octanol–water partition coefficient (Wildman–Crippen LogP) is -0.600. The number of carboxylic acid groups (broad SMARTS) is 1. The normalized spacial score (nSPS) is 11.6. The lowest BCUT2D eigenvalue weighted by Gasteiger charge is -2.27. The van der Waals surface area contributed by atoms with Gasteiger partial charge in [0, 0.05) is 12.3 Å². The quantitative estimate of drug-likeness (QED) is 0.0986. The number of hydrogen-bond acceptors (Lipinski definition) is 6. The summed E-state index contributed by atoms with van der Waals surface area (Å²) in [5, 5.41) is 17.8. The minimum Gasteiger partial charge on any atom is -1.00 e. The number of rotatable bonds is 15. The molecule has 208 valence electrons. The standard InChI is InChI=1S/C28H32N3O4PS2.BrH/c29-25(28(35)31-19-27(33)34)20-37-38-21-26(32)30-17-10-18-36(22-11-4-1-5-12-22,23-13-6-2-7-14-23)24-15-8-3-9-16-24;/h1-9,11-16,25H,10,17-21,29H2,(H2-,30,31,32,33,34,35);1H. The monoisotopic (exact) mass is 649 g/mol. The van der Waals surface area contributed by atoms with E-state index in [1.807, 2.05) is 18.2 Å². The van der Waals surface area contributed by atoms with E-state index in [1.54, 1.807) is 0 Å². The van der Waals surface area contributed by atoms with E-state index < -0.39 is 31.7 Å². The molecule has 5 N–H and O–H groups in total. The summed E-state index contributed by atoms with van der Waals surface area (Å²) >= 11 is 0. The third-order valence-electron chi connectivity index (χ3n) is 5.85. The molecule has 0 spiro atoms. The number of nitrogens with two attached hydrogens (primary N) is 1. The second kappa shape index (κ2) is 17.4. The third kappa shape index (κ3) is 9.96. The van der Waals surface area contributed by atoms with Crippen LogP contribution in [0.2, 0.25) is 0 Å². The summed E-state index contributed by atoms with van der Waals surface area (Å²) < 4.78 is 0. The molecule has 11 heteroatoms. The number of carboxylic acids is 1. The van der Waals surface area contributed by atoms with Crippen LogP contribution in [0, 0.1) is 0 Å². The Labute approximate surface area is 248 Å². The number of halogens is 1. The fraction of sp³-hybridized carbons (Fsp3) is 0.250. The Hall–Kier alpha value is -2.36. The van der Waals surface area contributed by atoms with Crippen molar-refractivity contribution in [3.05, 3.63) is 91.0 Å². The average Bonchev–Trinajstić information content (AvgIpc) is 2.95. The van der Waals surface area contributed by atoms with Crippen molar-refractivity contribution in [2.24, 2.45) is 5.73 Å². The topological polar surface area (TPSA) is 122 Å². The SMILES string of the molecule is NC(CSSCC(=O)NCCC[P+](c1ccccc1)(c1ccccc1)c1ccccc1)C(=O)NCC(=O)O.[Br-]. The third-order valence-corrected chi connectivity index (χ3v) is 12.7. The van der Waals surface area contributed by atoms with Crippen LogP contribution in [0.5, 0.6) is 0 Å². The second-order valence-electron chi connectivity index (χ2n) is 8.51. The van der Waals surface area contributed by atoms with E-state index in [4.69, 9.17) is 10.8 Å². The molecule has 0 fully saturated rings. The number of amides is 2. The Bertz CT molecular complexity index is 1080. The first kappa shape index (κ1) is 32.8. The van der Waals surface area contributed by atoms with E-state index in [2.05, 4.69) is 83.4 Å². The zero-order valence-corrected chi connectivity index (χ0v) is 25.5. The number of carbonyl (C=O) groups is 3. The van der Waals surface area contributed by atoms with Crippen LogP contribution in [0.25, 0.3) is 0 Å². The predicted molar refractivity (Wildman–Crippen MR) is 161 cm³/mol. The lowest BCUT2D eigenvalue weighted by molar-refractivity contribution is -0.138. The largest absolute Gasteiger partial charge is 1.00 e. The van der Waals surface area contributed by atoms with E-state index in [9.17, 15) is 14.4 Å². The highest BCUT2D eigenvalue weighted by atomic mass is 79.9. The minimum atomic E-state index is -1.92. The van der Waals surface area contributed by atoms with Crippen LogP contribution in [-0.4, -0.2) is 59.7 Å².